The van der Waals surface area contributed by atoms with Crippen LogP contribution in [0.3, 0.4) is 0 Å². The molecule has 1 unspecified atom stereocenters. The molecule has 3 rings (SSSR count). The van der Waals surface area contributed by atoms with Crippen molar-refractivity contribution in [2.24, 2.45) is 0 Å². The van der Waals surface area contributed by atoms with Gasteiger partial charge < -0.3 is 15.4 Å². The van der Waals surface area contributed by atoms with Gasteiger partial charge in [0, 0.05) is 17.7 Å². The van der Waals surface area contributed by atoms with Crippen molar-refractivity contribution in [1.82, 2.24) is 5.32 Å². The number of hydrogen-bond acceptors (Lipinski definition) is 2. The van der Waals surface area contributed by atoms with E-state index in [0.29, 0.717) is 5.11 Å². The minimum atomic E-state index is -0.274. The van der Waals surface area contributed by atoms with Gasteiger partial charge >= 0.3 is 0 Å². The molecule has 0 amide bonds. The van der Waals surface area contributed by atoms with Gasteiger partial charge in [-0.15, -0.1) is 0 Å². The fourth-order valence-electron chi connectivity index (χ4n) is 2.95. The summed E-state index contributed by atoms with van der Waals surface area (Å²) in [6, 6.07) is 12.4. The van der Waals surface area contributed by atoms with Crippen molar-refractivity contribution in [3.63, 3.8) is 0 Å². The maximum Gasteiger partial charge on any atom is 0.171 e. The van der Waals surface area contributed by atoms with Crippen LogP contribution in [-0.2, 0) is 0 Å². The number of fused-ring (bicyclic) bond motifs is 1. The number of thiocarbonyl (C=S) groups is 1. The molecule has 0 saturated carbocycles. The van der Waals surface area contributed by atoms with E-state index in [0.717, 1.165) is 29.0 Å². The zero-order chi connectivity index (χ0) is 17.3. The van der Waals surface area contributed by atoms with Crippen molar-refractivity contribution in [2.45, 2.75) is 38.8 Å². The Morgan fingerprint density at radius 2 is 1.92 bits per heavy atom. The largest absolute Gasteiger partial charge is 0.487 e. The lowest BCUT2D eigenvalue weighted by molar-refractivity contribution is 0.0696. The highest BCUT2D eigenvalue weighted by atomic mass is 32.1. The van der Waals surface area contributed by atoms with Gasteiger partial charge in [-0.1, -0.05) is 12.1 Å². The van der Waals surface area contributed by atoms with Gasteiger partial charge in [0.15, 0.2) is 5.11 Å². The van der Waals surface area contributed by atoms with Gasteiger partial charge in [-0.05, 0) is 68.9 Å². The molecule has 1 heterocycles. The van der Waals surface area contributed by atoms with E-state index in [1.54, 1.807) is 12.1 Å². The van der Waals surface area contributed by atoms with Crippen molar-refractivity contribution in [2.75, 3.05) is 5.32 Å². The molecule has 0 aromatic heterocycles. The Morgan fingerprint density at radius 3 is 2.62 bits per heavy atom. The van der Waals surface area contributed by atoms with Crippen LogP contribution >= 0.6 is 12.2 Å². The maximum absolute atomic E-state index is 13.0. The van der Waals surface area contributed by atoms with Gasteiger partial charge in [0.05, 0.1) is 6.04 Å². The molecular weight excluding hydrogens is 323 g/mol. The lowest BCUT2D eigenvalue weighted by Gasteiger charge is -2.38. The number of ether oxygens (including phenoxy) is 1. The van der Waals surface area contributed by atoms with Crippen molar-refractivity contribution < 1.29 is 9.13 Å². The van der Waals surface area contributed by atoms with E-state index in [1.165, 1.54) is 12.1 Å². The summed E-state index contributed by atoms with van der Waals surface area (Å²) < 4.78 is 19.1. The zero-order valence-corrected chi connectivity index (χ0v) is 14.8. The minimum Gasteiger partial charge on any atom is -0.487 e. The average molecular weight is 344 g/mol. The van der Waals surface area contributed by atoms with Crippen LogP contribution in [0.15, 0.2) is 42.5 Å². The third-order valence-electron chi connectivity index (χ3n) is 4.03. The number of halogens is 1. The van der Waals surface area contributed by atoms with Crippen molar-refractivity contribution in [1.29, 1.82) is 0 Å². The fraction of sp³-hybridized carbons (Fsp3) is 0.316. The molecule has 3 nitrogen and oxygen atoms in total. The maximum atomic E-state index is 13.0. The monoisotopic (exact) mass is 344 g/mol. The van der Waals surface area contributed by atoms with Gasteiger partial charge in [-0.3, -0.25) is 0 Å². The first-order valence-electron chi connectivity index (χ1n) is 7.95. The first kappa shape index (κ1) is 16.7. The summed E-state index contributed by atoms with van der Waals surface area (Å²) in [6.45, 7) is 6.20. The molecule has 0 radical (unpaired) electrons. The van der Waals surface area contributed by atoms with Crippen LogP contribution in [0, 0.1) is 12.7 Å². The van der Waals surface area contributed by atoms with Gasteiger partial charge in [0.1, 0.15) is 17.2 Å². The second-order valence-electron chi connectivity index (χ2n) is 6.77. The highest BCUT2D eigenvalue weighted by Gasteiger charge is 2.34. The highest BCUT2D eigenvalue weighted by Crippen LogP contribution is 2.39. The molecular formula is C19H21FN2OS. The quantitative estimate of drug-likeness (QED) is 0.772. The number of nitrogens with one attached hydrogen (secondary N) is 2. The summed E-state index contributed by atoms with van der Waals surface area (Å²) in [7, 11) is 0. The van der Waals surface area contributed by atoms with Crippen LogP contribution in [0.2, 0.25) is 0 Å². The molecule has 2 aromatic rings. The van der Waals surface area contributed by atoms with Crippen LogP contribution in [0.1, 0.15) is 37.4 Å². The summed E-state index contributed by atoms with van der Waals surface area (Å²) >= 11 is 5.42. The molecule has 0 spiro atoms. The molecule has 0 aliphatic carbocycles. The van der Waals surface area contributed by atoms with Gasteiger partial charge in [-0.2, -0.15) is 0 Å². The van der Waals surface area contributed by atoms with E-state index in [4.69, 9.17) is 17.0 Å². The summed E-state index contributed by atoms with van der Waals surface area (Å²) in [5, 5.41) is 6.97. The third-order valence-corrected chi connectivity index (χ3v) is 4.25. The molecule has 1 aliphatic rings. The van der Waals surface area contributed by atoms with E-state index in [1.807, 2.05) is 0 Å². The summed E-state index contributed by atoms with van der Waals surface area (Å²) in [5.74, 6) is 0.628. The zero-order valence-electron chi connectivity index (χ0n) is 14.0. The van der Waals surface area contributed by atoms with Gasteiger partial charge in [0.25, 0.3) is 0 Å². The Labute approximate surface area is 147 Å². The van der Waals surface area contributed by atoms with E-state index in [2.05, 4.69) is 49.6 Å². The number of aryl methyl sites for hydroxylation is 1. The molecule has 2 aromatic carbocycles. The summed E-state index contributed by atoms with van der Waals surface area (Å²) in [5.41, 5.74) is 2.74. The number of rotatable bonds is 2. The topological polar surface area (TPSA) is 33.3 Å². The van der Waals surface area contributed by atoms with Crippen LogP contribution in [-0.4, -0.2) is 10.7 Å². The smallest absolute Gasteiger partial charge is 0.171 e. The lowest BCUT2D eigenvalue weighted by atomic mass is 9.89. The van der Waals surface area contributed by atoms with Gasteiger partial charge in [-0.25, -0.2) is 4.39 Å². The first-order valence-corrected chi connectivity index (χ1v) is 8.36. The molecule has 2 N–H and O–H groups in total. The van der Waals surface area contributed by atoms with Crippen molar-refractivity contribution in [3.8, 4) is 5.75 Å². The SMILES string of the molecule is Cc1ccc2c(c1)OC(C)(C)CC2NC(=S)Nc1ccc(F)cc1. The molecule has 24 heavy (non-hydrogen) atoms. The van der Waals surface area contributed by atoms with E-state index in [9.17, 15) is 4.39 Å². The standard InChI is InChI=1S/C19H21FN2OS/c1-12-4-9-15-16(11-19(2,3)23-17(15)10-12)22-18(24)21-14-7-5-13(20)6-8-14/h4-10,16H,11H2,1-3H3,(H2,21,22,24). The van der Waals surface area contributed by atoms with Gasteiger partial charge in [0.2, 0.25) is 0 Å². The Bertz CT molecular complexity index is 758. The second kappa shape index (κ2) is 6.40. The van der Waals surface area contributed by atoms with Crippen LogP contribution in [0.4, 0.5) is 10.1 Å². The minimum absolute atomic E-state index is 0.0600. The molecule has 0 fully saturated rings. The third kappa shape index (κ3) is 3.85. The van der Waals surface area contributed by atoms with E-state index < -0.39 is 0 Å². The second-order valence-corrected chi connectivity index (χ2v) is 7.17. The number of anilines is 1. The fourth-order valence-corrected chi connectivity index (χ4v) is 3.21. The Morgan fingerprint density at radius 1 is 1.21 bits per heavy atom. The van der Waals surface area contributed by atoms with E-state index >= 15 is 0 Å². The van der Waals surface area contributed by atoms with Crippen molar-refractivity contribution >= 4 is 23.0 Å². The molecule has 126 valence electrons. The normalized spacial score (nSPS) is 18.2. The predicted octanol–water partition coefficient (Wildman–Crippen LogP) is 4.72. The highest BCUT2D eigenvalue weighted by molar-refractivity contribution is 7.80. The molecule has 1 atom stereocenters. The molecule has 0 bridgehead atoms. The summed E-state index contributed by atoms with van der Waals surface area (Å²) in [6.07, 6.45) is 0.800. The van der Waals surface area contributed by atoms with Crippen LogP contribution in [0.25, 0.3) is 0 Å². The van der Waals surface area contributed by atoms with Crippen molar-refractivity contribution in [3.05, 3.63) is 59.4 Å². The Kier molecular flexibility index (Phi) is 4.45. The summed E-state index contributed by atoms with van der Waals surface area (Å²) in [4.78, 5) is 0. The van der Waals surface area contributed by atoms with Crippen LogP contribution < -0.4 is 15.4 Å². The lowest BCUT2D eigenvalue weighted by Crippen LogP contribution is -2.42. The molecule has 1 aliphatic heterocycles. The van der Waals surface area contributed by atoms with Crippen LogP contribution in [0.5, 0.6) is 5.75 Å². The predicted molar refractivity (Wildman–Crippen MR) is 99.0 cm³/mol. The molecule has 0 saturated heterocycles. The Balaban J connectivity index is 1.76. The average Bonchev–Trinajstić information content (AvgIpc) is 2.48. The van der Waals surface area contributed by atoms with E-state index in [-0.39, 0.29) is 17.5 Å². The Hall–Kier alpha value is -2.14. The molecule has 5 heteroatoms. The number of hydrogen-bond donors (Lipinski definition) is 2. The first-order chi connectivity index (χ1) is 11.3. The number of benzene rings is 2.